The topological polar surface area (TPSA) is 29.9 Å². The quantitative estimate of drug-likeness (QED) is 0.910. The van der Waals surface area contributed by atoms with Gasteiger partial charge in [0.25, 0.3) is 0 Å². The van der Waals surface area contributed by atoms with Crippen LogP contribution in [-0.2, 0) is 6.42 Å². The van der Waals surface area contributed by atoms with Gasteiger partial charge in [-0.25, -0.2) is 4.98 Å². The molecule has 1 heterocycles. The first-order valence-electron chi connectivity index (χ1n) is 7.83. The van der Waals surface area contributed by atoms with Crippen molar-refractivity contribution in [3.8, 4) is 0 Å². The van der Waals surface area contributed by atoms with Crippen molar-refractivity contribution >= 4 is 15.9 Å². The maximum Gasteiger partial charge on any atom is 0.0949 e. The molecule has 3 nitrogen and oxygen atoms in total. The van der Waals surface area contributed by atoms with Gasteiger partial charge >= 0.3 is 0 Å². The van der Waals surface area contributed by atoms with Crippen molar-refractivity contribution in [1.29, 1.82) is 0 Å². The molecule has 2 aliphatic rings. The van der Waals surface area contributed by atoms with Gasteiger partial charge in [-0.05, 0) is 49.3 Å². The van der Waals surface area contributed by atoms with Crippen LogP contribution in [0.1, 0.15) is 48.9 Å². The number of benzene rings is 1. The molecule has 3 atom stereocenters. The minimum atomic E-state index is 0.506. The first-order valence-corrected chi connectivity index (χ1v) is 8.63. The zero-order chi connectivity index (χ0) is 14.2. The lowest BCUT2D eigenvalue weighted by atomic mass is 10.1. The molecule has 1 fully saturated rings. The van der Waals surface area contributed by atoms with Crippen LogP contribution in [0, 0.1) is 0 Å². The van der Waals surface area contributed by atoms with Crippen LogP contribution in [0.25, 0.3) is 0 Å². The van der Waals surface area contributed by atoms with Crippen LogP contribution in [0.5, 0.6) is 0 Å². The lowest BCUT2D eigenvalue weighted by Gasteiger charge is -2.26. The minimum Gasteiger partial charge on any atom is -0.333 e. The van der Waals surface area contributed by atoms with Gasteiger partial charge in [-0.2, -0.15) is 0 Å². The second-order valence-corrected chi connectivity index (χ2v) is 7.03. The third-order valence-electron chi connectivity index (χ3n) is 5.02. The summed E-state index contributed by atoms with van der Waals surface area (Å²) in [6, 6.07) is 8.23. The fourth-order valence-electron chi connectivity index (χ4n) is 4.00. The number of halogens is 1. The number of imidazole rings is 1. The van der Waals surface area contributed by atoms with E-state index in [0.29, 0.717) is 18.1 Å². The molecule has 2 aromatic rings. The molecule has 0 radical (unpaired) electrons. The Labute approximate surface area is 133 Å². The Morgan fingerprint density at radius 3 is 3.05 bits per heavy atom. The second-order valence-electron chi connectivity index (χ2n) is 6.18. The van der Waals surface area contributed by atoms with Crippen LogP contribution in [0.15, 0.2) is 41.4 Å². The van der Waals surface area contributed by atoms with Gasteiger partial charge in [0, 0.05) is 35.0 Å². The average molecular weight is 346 g/mol. The second kappa shape index (κ2) is 5.58. The van der Waals surface area contributed by atoms with Gasteiger partial charge in [0.1, 0.15) is 0 Å². The van der Waals surface area contributed by atoms with E-state index < -0.39 is 0 Å². The lowest BCUT2D eigenvalue weighted by Crippen LogP contribution is -2.35. The Balaban J connectivity index is 1.54. The van der Waals surface area contributed by atoms with Crippen molar-refractivity contribution in [1.82, 2.24) is 14.9 Å². The van der Waals surface area contributed by atoms with Gasteiger partial charge in [-0.3, -0.25) is 0 Å². The summed E-state index contributed by atoms with van der Waals surface area (Å²) in [4.78, 5) is 4.21. The van der Waals surface area contributed by atoms with Crippen LogP contribution in [0.3, 0.4) is 0 Å². The number of hydrogen-bond acceptors (Lipinski definition) is 2. The molecule has 21 heavy (non-hydrogen) atoms. The monoisotopic (exact) mass is 345 g/mol. The van der Waals surface area contributed by atoms with E-state index in [-0.39, 0.29) is 0 Å². The molecule has 0 spiro atoms. The summed E-state index contributed by atoms with van der Waals surface area (Å²) in [6.07, 6.45) is 12.2. The maximum atomic E-state index is 4.21. The minimum absolute atomic E-state index is 0.506. The molecule has 0 bridgehead atoms. The highest BCUT2D eigenvalue weighted by molar-refractivity contribution is 9.10. The number of fused-ring (bicyclic) bond motifs is 1. The Bertz CT molecular complexity index is 623. The smallest absolute Gasteiger partial charge is 0.0949 e. The number of nitrogens with zero attached hydrogens (tertiary/aromatic N) is 2. The molecular weight excluding hydrogens is 326 g/mol. The van der Waals surface area contributed by atoms with Crippen molar-refractivity contribution < 1.29 is 0 Å². The fourth-order valence-corrected chi connectivity index (χ4v) is 4.58. The molecular formula is C17H20BrN3. The highest BCUT2D eigenvalue weighted by atomic mass is 79.9. The molecule has 4 heteroatoms. The fraction of sp³-hybridized carbons (Fsp3) is 0.471. The van der Waals surface area contributed by atoms with E-state index in [1.165, 1.54) is 47.7 Å². The van der Waals surface area contributed by atoms with E-state index in [1.807, 2.05) is 12.5 Å². The predicted octanol–water partition coefficient (Wildman–Crippen LogP) is 4.02. The number of hydrogen-bond donors (Lipinski definition) is 1. The summed E-state index contributed by atoms with van der Waals surface area (Å²) in [6.45, 7) is 0. The molecule has 4 rings (SSSR count). The highest BCUT2D eigenvalue weighted by Gasteiger charge is 2.32. The highest BCUT2D eigenvalue weighted by Crippen LogP contribution is 2.38. The molecule has 0 aliphatic heterocycles. The molecule has 110 valence electrons. The molecule has 0 amide bonds. The van der Waals surface area contributed by atoms with Gasteiger partial charge in [-0.15, -0.1) is 0 Å². The van der Waals surface area contributed by atoms with E-state index in [2.05, 4.69) is 55.2 Å². The van der Waals surface area contributed by atoms with Gasteiger partial charge in [0.2, 0.25) is 0 Å². The van der Waals surface area contributed by atoms with Crippen molar-refractivity contribution in [2.75, 3.05) is 0 Å². The maximum absolute atomic E-state index is 4.21. The third kappa shape index (κ3) is 2.44. The molecule has 0 saturated heterocycles. The van der Waals surface area contributed by atoms with Gasteiger partial charge < -0.3 is 9.88 Å². The Kier molecular flexibility index (Phi) is 3.59. The van der Waals surface area contributed by atoms with Crippen molar-refractivity contribution in [2.24, 2.45) is 0 Å². The number of aromatic nitrogens is 2. The summed E-state index contributed by atoms with van der Waals surface area (Å²) in [5.74, 6) is 0. The van der Waals surface area contributed by atoms with E-state index in [9.17, 15) is 0 Å². The number of nitrogens with one attached hydrogen (secondary N) is 1. The summed E-state index contributed by atoms with van der Waals surface area (Å²) in [5.41, 5.74) is 2.98. The predicted molar refractivity (Wildman–Crippen MR) is 87.2 cm³/mol. The van der Waals surface area contributed by atoms with E-state index >= 15 is 0 Å². The van der Waals surface area contributed by atoms with Crippen LogP contribution >= 0.6 is 15.9 Å². The zero-order valence-electron chi connectivity index (χ0n) is 12.0. The van der Waals surface area contributed by atoms with Crippen LogP contribution in [0.4, 0.5) is 0 Å². The molecule has 2 aliphatic carbocycles. The Hall–Kier alpha value is -1.13. The van der Waals surface area contributed by atoms with E-state index in [1.54, 1.807) is 0 Å². The summed E-state index contributed by atoms with van der Waals surface area (Å²) in [7, 11) is 0. The molecule has 1 N–H and O–H groups in total. The summed E-state index contributed by atoms with van der Waals surface area (Å²) < 4.78 is 3.54. The van der Waals surface area contributed by atoms with Gasteiger partial charge in [0.05, 0.1) is 6.33 Å². The van der Waals surface area contributed by atoms with Crippen molar-refractivity contribution in [3.05, 3.63) is 52.5 Å². The van der Waals surface area contributed by atoms with Gasteiger partial charge in [-0.1, -0.05) is 28.1 Å². The first-order chi connectivity index (χ1) is 10.3. The standard InChI is InChI=1S/C17H20BrN3/c18-14-4-1-3-13-12(14)7-8-15(13)20-16-5-2-6-17(16)21-10-9-19-11-21/h1,3-4,9-11,15-17,20H,2,5-8H2. The van der Waals surface area contributed by atoms with Crippen molar-refractivity contribution in [2.45, 2.75) is 50.2 Å². The van der Waals surface area contributed by atoms with Crippen LogP contribution in [-0.4, -0.2) is 15.6 Å². The van der Waals surface area contributed by atoms with E-state index in [4.69, 9.17) is 0 Å². The zero-order valence-corrected chi connectivity index (χ0v) is 13.6. The normalized spacial score (nSPS) is 28.0. The van der Waals surface area contributed by atoms with Crippen molar-refractivity contribution in [3.63, 3.8) is 0 Å². The Morgan fingerprint density at radius 1 is 1.24 bits per heavy atom. The van der Waals surface area contributed by atoms with Gasteiger partial charge in [0.15, 0.2) is 0 Å². The molecule has 1 aromatic heterocycles. The van der Waals surface area contributed by atoms with Crippen LogP contribution < -0.4 is 5.32 Å². The Morgan fingerprint density at radius 2 is 2.19 bits per heavy atom. The van der Waals surface area contributed by atoms with E-state index in [0.717, 1.165) is 0 Å². The first kappa shape index (κ1) is 13.5. The molecule has 3 unspecified atom stereocenters. The largest absolute Gasteiger partial charge is 0.333 e. The molecule has 1 saturated carbocycles. The SMILES string of the molecule is Brc1cccc2c1CCC2NC1CCCC1n1ccnc1. The average Bonchev–Trinajstić information content (AvgIpc) is 3.20. The lowest BCUT2D eigenvalue weighted by molar-refractivity contribution is 0.352. The summed E-state index contributed by atoms with van der Waals surface area (Å²) >= 11 is 3.69. The molecule has 1 aromatic carbocycles. The van der Waals surface area contributed by atoms with Crippen LogP contribution in [0.2, 0.25) is 0 Å². The third-order valence-corrected chi connectivity index (χ3v) is 5.76. The number of rotatable bonds is 3. The summed E-state index contributed by atoms with van der Waals surface area (Å²) in [5, 5.41) is 3.93.